The van der Waals surface area contributed by atoms with Crippen LogP contribution in [0.3, 0.4) is 0 Å². The molecule has 7 nitrogen and oxygen atoms in total. The first-order chi connectivity index (χ1) is 14.9. The summed E-state index contributed by atoms with van der Waals surface area (Å²) in [6, 6.07) is 18.9. The number of nitriles is 1. The van der Waals surface area contributed by atoms with Gasteiger partial charge in [0.1, 0.15) is 16.8 Å². The molecule has 0 spiro atoms. The maximum Gasteiger partial charge on any atom is 0.335 e. The van der Waals surface area contributed by atoms with Gasteiger partial charge in [-0.2, -0.15) is 5.26 Å². The molecule has 1 heterocycles. The number of benzene rings is 2. The number of nitrogens with zero attached hydrogens (tertiary/aromatic N) is 2. The second-order valence-corrected chi connectivity index (χ2v) is 7.85. The number of ether oxygens (including phenoxy) is 1. The molecule has 1 atom stereocenters. The molecule has 1 aromatic heterocycles. The van der Waals surface area contributed by atoms with E-state index in [1.54, 1.807) is 26.2 Å². The van der Waals surface area contributed by atoms with Gasteiger partial charge in [-0.05, 0) is 67.6 Å². The van der Waals surface area contributed by atoms with Crippen LogP contribution in [0.1, 0.15) is 22.8 Å². The maximum absolute atomic E-state index is 12.6. The summed E-state index contributed by atoms with van der Waals surface area (Å²) in [5.41, 5.74) is 2.55. The third-order valence-corrected chi connectivity index (χ3v) is 5.53. The van der Waals surface area contributed by atoms with Gasteiger partial charge in [0, 0.05) is 11.3 Å². The minimum atomic E-state index is -1.03. The third kappa shape index (κ3) is 5.41. The Morgan fingerprint density at radius 2 is 1.77 bits per heavy atom. The van der Waals surface area contributed by atoms with Crippen molar-refractivity contribution >= 4 is 29.3 Å². The summed E-state index contributed by atoms with van der Waals surface area (Å²) in [5, 5.41) is 21.1. The lowest BCUT2D eigenvalue weighted by atomic mass is 10.1. The quantitative estimate of drug-likeness (QED) is 0.530. The van der Waals surface area contributed by atoms with Gasteiger partial charge >= 0.3 is 5.97 Å². The lowest BCUT2D eigenvalue weighted by Crippen LogP contribution is -2.22. The van der Waals surface area contributed by atoms with Crippen LogP contribution in [-0.2, 0) is 4.79 Å². The highest BCUT2D eigenvalue weighted by atomic mass is 32.2. The van der Waals surface area contributed by atoms with Crippen molar-refractivity contribution in [2.24, 2.45) is 0 Å². The Morgan fingerprint density at radius 1 is 1.10 bits per heavy atom. The Balaban J connectivity index is 1.75. The highest BCUT2D eigenvalue weighted by Gasteiger charge is 2.18. The summed E-state index contributed by atoms with van der Waals surface area (Å²) in [6.07, 6.45) is 0. The average molecular weight is 433 g/mol. The van der Waals surface area contributed by atoms with Crippen LogP contribution in [0.25, 0.3) is 11.3 Å². The van der Waals surface area contributed by atoms with Gasteiger partial charge in [-0.3, -0.25) is 4.79 Å². The molecule has 3 rings (SSSR count). The van der Waals surface area contributed by atoms with Crippen molar-refractivity contribution in [3.63, 3.8) is 0 Å². The van der Waals surface area contributed by atoms with Gasteiger partial charge in [-0.15, -0.1) is 0 Å². The first-order valence-electron chi connectivity index (χ1n) is 9.27. The Kier molecular flexibility index (Phi) is 6.90. The SMILES string of the molecule is COc1ccc(-c2ccc(C#N)c(SC(C)C(=O)Nc3ccc(C(=O)O)cc3)n2)cc1. The lowest BCUT2D eigenvalue weighted by Gasteiger charge is -2.13. The smallest absolute Gasteiger partial charge is 0.335 e. The molecule has 156 valence electrons. The monoisotopic (exact) mass is 433 g/mol. The van der Waals surface area contributed by atoms with Crippen LogP contribution >= 0.6 is 11.8 Å². The van der Waals surface area contributed by atoms with Crippen molar-refractivity contribution in [2.75, 3.05) is 12.4 Å². The number of rotatable bonds is 7. The van der Waals surface area contributed by atoms with Crippen LogP contribution in [0, 0.1) is 11.3 Å². The second-order valence-electron chi connectivity index (χ2n) is 6.52. The minimum absolute atomic E-state index is 0.138. The zero-order chi connectivity index (χ0) is 22.4. The van der Waals surface area contributed by atoms with Gasteiger partial charge in [0.15, 0.2) is 0 Å². The molecule has 8 heteroatoms. The fraction of sp³-hybridized carbons (Fsp3) is 0.130. The van der Waals surface area contributed by atoms with E-state index in [0.717, 1.165) is 11.3 Å². The number of pyridine rings is 1. The number of hydrogen-bond acceptors (Lipinski definition) is 6. The molecule has 0 aliphatic heterocycles. The third-order valence-electron chi connectivity index (χ3n) is 4.42. The molecule has 1 amide bonds. The number of nitrogens with one attached hydrogen (secondary N) is 1. The molecule has 0 bridgehead atoms. The van der Waals surface area contributed by atoms with E-state index in [4.69, 9.17) is 9.84 Å². The summed E-state index contributed by atoms with van der Waals surface area (Å²) >= 11 is 1.18. The van der Waals surface area contributed by atoms with Crippen molar-refractivity contribution in [1.82, 2.24) is 4.98 Å². The molecule has 31 heavy (non-hydrogen) atoms. The fourth-order valence-corrected chi connectivity index (χ4v) is 3.59. The van der Waals surface area contributed by atoms with Gasteiger partial charge in [0.25, 0.3) is 0 Å². The highest BCUT2D eigenvalue weighted by molar-refractivity contribution is 8.00. The largest absolute Gasteiger partial charge is 0.497 e. The lowest BCUT2D eigenvalue weighted by molar-refractivity contribution is -0.115. The molecule has 3 aromatic rings. The van der Waals surface area contributed by atoms with Crippen molar-refractivity contribution in [3.8, 4) is 23.1 Å². The number of methoxy groups -OCH3 is 1. The van der Waals surface area contributed by atoms with E-state index in [0.29, 0.717) is 22.0 Å². The first kappa shape index (κ1) is 21.9. The topological polar surface area (TPSA) is 112 Å². The number of aromatic carboxylic acids is 1. The molecule has 0 aliphatic carbocycles. The summed E-state index contributed by atoms with van der Waals surface area (Å²) in [7, 11) is 1.59. The number of hydrogen-bond donors (Lipinski definition) is 2. The highest BCUT2D eigenvalue weighted by Crippen LogP contribution is 2.29. The van der Waals surface area contributed by atoms with Crippen LogP contribution in [0.4, 0.5) is 5.69 Å². The van der Waals surface area contributed by atoms with Crippen molar-refractivity contribution in [1.29, 1.82) is 5.26 Å². The molecular weight excluding hydrogens is 414 g/mol. The van der Waals surface area contributed by atoms with Gasteiger partial charge in [0.05, 0.1) is 29.2 Å². The number of carboxylic acids is 1. The van der Waals surface area contributed by atoms with E-state index in [9.17, 15) is 14.9 Å². The number of carbonyl (C=O) groups is 2. The summed E-state index contributed by atoms with van der Waals surface area (Å²) < 4.78 is 5.17. The Morgan fingerprint density at radius 3 is 2.35 bits per heavy atom. The van der Waals surface area contributed by atoms with E-state index in [1.807, 2.05) is 24.3 Å². The molecule has 0 aliphatic rings. The number of carboxylic acid groups (broad SMARTS) is 1. The standard InChI is InChI=1S/C23H19N3O4S/c1-14(21(27)25-18-8-3-16(4-9-18)23(28)29)31-22-17(13-24)7-12-20(26-22)15-5-10-19(30-2)11-6-15/h3-12,14H,1-2H3,(H,25,27)(H,28,29). The zero-order valence-corrected chi connectivity index (χ0v) is 17.6. The number of anilines is 1. The molecule has 0 saturated carbocycles. The number of amides is 1. The van der Waals surface area contributed by atoms with Crippen molar-refractivity contribution < 1.29 is 19.4 Å². The Bertz CT molecular complexity index is 1140. The second kappa shape index (κ2) is 9.78. The predicted molar refractivity (Wildman–Crippen MR) is 118 cm³/mol. The molecule has 0 radical (unpaired) electrons. The van der Waals surface area contributed by atoms with Gasteiger partial charge in [0.2, 0.25) is 5.91 Å². The summed E-state index contributed by atoms with van der Waals surface area (Å²) in [6.45, 7) is 1.72. The molecular formula is C23H19N3O4S. The summed E-state index contributed by atoms with van der Waals surface area (Å²) in [5.74, 6) is -0.587. The van der Waals surface area contributed by atoms with Gasteiger partial charge in [-0.1, -0.05) is 11.8 Å². The van der Waals surface area contributed by atoms with Crippen LogP contribution in [0.15, 0.2) is 65.7 Å². The van der Waals surface area contributed by atoms with E-state index in [1.165, 1.54) is 36.0 Å². The average Bonchev–Trinajstić information content (AvgIpc) is 2.79. The Hall–Kier alpha value is -3.83. The predicted octanol–water partition coefficient (Wildman–Crippen LogP) is 4.45. The first-order valence-corrected chi connectivity index (χ1v) is 10.2. The van der Waals surface area contributed by atoms with Crippen molar-refractivity contribution in [3.05, 3.63) is 71.8 Å². The molecule has 2 N–H and O–H groups in total. The van der Waals surface area contributed by atoms with E-state index in [2.05, 4.69) is 16.4 Å². The van der Waals surface area contributed by atoms with Crippen LogP contribution in [-0.4, -0.2) is 34.3 Å². The minimum Gasteiger partial charge on any atom is -0.497 e. The van der Waals surface area contributed by atoms with Crippen LogP contribution in [0.2, 0.25) is 0 Å². The molecule has 2 aromatic carbocycles. The normalized spacial score (nSPS) is 11.3. The summed E-state index contributed by atoms with van der Waals surface area (Å²) in [4.78, 5) is 28.1. The number of aromatic nitrogens is 1. The van der Waals surface area contributed by atoms with Crippen LogP contribution in [0.5, 0.6) is 5.75 Å². The van der Waals surface area contributed by atoms with E-state index >= 15 is 0 Å². The molecule has 0 saturated heterocycles. The zero-order valence-electron chi connectivity index (χ0n) is 16.8. The fourth-order valence-electron chi connectivity index (χ4n) is 2.70. The Labute approximate surface area is 183 Å². The van der Waals surface area contributed by atoms with Crippen molar-refractivity contribution in [2.45, 2.75) is 17.2 Å². The van der Waals surface area contributed by atoms with Crippen LogP contribution < -0.4 is 10.1 Å². The van der Waals surface area contributed by atoms with E-state index < -0.39 is 11.2 Å². The number of thioether (sulfide) groups is 1. The molecule has 0 fully saturated rings. The molecule has 1 unspecified atom stereocenters. The van der Waals surface area contributed by atoms with E-state index in [-0.39, 0.29) is 11.5 Å². The van der Waals surface area contributed by atoms with Gasteiger partial charge in [-0.25, -0.2) is 9.78 Å². The number of carbonyl (C=O) groups excluding carboxylic acids is 1. The van der Waals surface area contributed by atoms with Gasteiger partial charge < -0.3 is 15.2 Å². The maximum atomic E-state index is 12.6.